The average Bonchev–Trinajstić information content (AvgIpc) is 3.35. The molecule has 1 saturated carbocycles. The Morgan fingerprint density at radius 1 is 1.20 bits per heavy atom. The van der Waals surface area contributed by atoms with E-state index in [0.29, 0.717) is 40.7 Å². The highest BCUT2D eigenvalue weighted by Crippen LogP contribution is 2.33. The lowest BCUT2D eigenvalue weighted by Crippen LogP contribution is -2.35. The van der Waals surface area contributed by atoms with E-state index in [-0.39, 0.29) is 5.91 Å². The molecule has 1 fully saturated rings. The van der Waals surface area contributed by atoms with E-state index in [0.717, 1.165) is 29.8 Å². The van der Waals surface area contributed by atoms with Crippen LogP contribution in [0.3, 0.4) is 0 Å². The summed E-state index contributed by atoms with van der Waals surface area (Å²) in [6, 6.07) is 9.32. The van der Waals surface area contributed by atoms with Crippen molar-refractivity contribution in [2.75, 3.05) is 6.54 Å². The largest absolute Gasteiger partial charge is 0.331 e. The molecule has 0 atom stereocenters. The van der Waals surface area contributed by atoms with Crippen molar-refractivity contribution in [3.63, 3.8) is 0 Å². The summed E-state index contributed by atoms with van der Waals surface area (Å²) in [5, 5.41) is 0.826. The van der Waals surface area contributed by atoms with Crippen LogP contribution in [0.15, 0.2) is 36.5 Å². The van der Waals surface area contributed by atoms with Crippen molar-refractivity contribution in [2.45, 2.75) is 52.1 Å². The van der Waals surface area contributed by atoms with Gasteiger partial charge in [-0.15, -0.1) is 0 Å². The lowest BCUT2D eigenvalue weighted by atomic mass is 10.1. The first-order valence-corrected chi connectivity index (χ1v) is 11.3. The Morgan fingerprint density at radius 2 is 1.97 bits per heavy atom. The minimum absolute atomic E-state index is 0.0692. The molecule has 0 radical (unpaired) electrons. The molecule has 7 heteroatoms. The molecular formula is C23H26Cl2N4O. The van der Waals surface area contributed by atoms with Crippen LogP contribution in [0.1, 0.15) is 61.8 Å². The minimum Gasteiger partial charge on any atom is -0.331 e. The number of nitrogens with zero attached hydrogens (tertiary/aromatic N) is 4. The lowest BCUT2D eigenvalue weighted by Gasteiger charge is -2.26. The van der Waals surface area contributed by atoms with Crippen molar-refractivity contribution in [1.29, 1.82) is 0 Å². The molecule has 30 heavy (non-hydrogen) atoms. The second kappa shape index (κ2) is 8.94. The molecule has 0 N–H and O–H groups in total. The van der Waals surface area contributed by atoms with E-state index < -0.39 is 0 Å². The van der Waals surface area contributed by atoms with Gasteiger partial charge in [0.2, 0.25) is 0 Å². The summed E-state index contributed by atoms with van der Waals surface area (Å²) in [6.07, 6.45) is 6.49. The van der Waals surface area contributed by atoms with Crippen molar-refractivity contribution in [3.8, 4) is 0 Å². The maximum atomic E-state index is 13.4. The first-order chi connectivity index (χ1) is 14.4. The molecule has 1 amide bonds. The van der Waals surface area contributed by atoms with E-state index >= 15 is 0 Å². The van der Waals surface area contributed by atoms with Crippen LogP contribution >= 0.6 is 23.2 Å². The Labute approximate surface area is 187 Å². The molecule has 0 unspecified atom stereocenters. The van der Waals surface area contributed by atoms with Gasteiger partial charge < -0.3 is 9.47 Å². The Balaban J connectivity index is 1.71. The first-order valence-electron chi connectivity index (χ1n) is 10.5. The van der Waals surface area contributed by atoms with Gasteiger partial charge in [0, 0.05) is 24.3 Å². The summed E-state index contributed by atoms with van der Waals surface area (Å²) < 4.78 is 2.26. The van der Waals surface area contributed by atoms with Crippen LogP contribution in [-0.2, 0) is 6.54 Å². The maximum absolute atomic E-state index is 13.4. The predicted octanol–water partition coefficient (Wildman–Crippen LogP) is 6.15. The molecule has 3 aromatic rings. The summed E-state index contributed by atoms with van der Waals surface area (Å²) in [6.45, 7) is 5.28. The van der Waals surface area contributed by atoms with E-state index in [1.165, 1.54) is 12.8 Å². The molecule has 0 bridgehead atoms. The summed E-state index contributed by atoms with van der Waals surface area (Å²) >= 11 is 12.2. The van der Waals surface area contributed by atoms with E-state index in [1.54, 1.807) is 18.2 Å². The SMILES string of the molecule is CC(C)CN(Cc1nc2cccnc2n1C1CCCC1)C(=O)c1ccc(Cl)c(Cl)c1. The van der Waals surface area contributed by atoms with Gasteiger partial charge in [-0.25, -0.2) is 9.97 Å². The topological polar surface area (TPSA) is 51.0 Å². The quantitative estimate of drug-likeness (QED) is 0.457. The van der Waals surface area contributed by atoms with E-state index in [1.807, 2.05) is 23.2 Å². The van der Waals surface area contributed by atoms with Gasteiger partial charge in [-0.05, 0) is 49.1 Å². The average molecular weight is 445 g/mol. The molecule has 1 aliphatic carbocycles. The summed E-state index contributed by atoms with van der Waals surface area (Å²) in [4.78, 5) is 24.7. The third kappa shape index (κ3) is 4.33. The number of hydrogen-bond donors (Lipinski definition) is 0. The Morgan fingerprint density at radius 3 is 2.67 bits per heavy atom. The third-order valence-corrected chi connectivity index (χ3v) is 6.32. The monoisotopic (exact) mass is 444 g/mol. The van der Waals surface area contributed by atoms with Crippen LogP contribution in [0.4, 0.5) is 0 Å². The van der Waals surface area contributed by atoms with Crippen LogP contribution < -0.4 is 0 Å². The van der Waals surface area contributed by atoms with Crippen molar-refractivity contribution in [1.82, 2.24) is 19.4 Å². The zero-order valence-corrected chi connectivity index (χ0v) is 18.8. The molecule has 0 spiro atoms. The summed E-state index contributed by atoms with van der Waals surface area (Å²) in [5.74, 6) is 1.14. The van der Waals surface area contributed by atoms with Crippen molar-refractivity contribution >= 4 is 40.3 Å². The van der Waals surface area contributed by atoms with Gasteiger partial charge in [0.05, 0.1) is 16.6 Å². The van der Waals surface area contributed by atoms with Gasteiger partial charge >= 0.3 is 0 Å². The number of pyridine rings is 1. The van der Waals surface area contributed by atoms with Gasteiger partial charge in [0.15, 0.2) is 5.65 Å². The number of hydrogen-bond acceptors (Lipinski definition) is 3. The van der Waals surface area contributed by atoms with Gasteiger partial charge in [-0.3, -0.25) is 4.79 Å². The fraction of sp³-hybridized carbons (Fsp3) is 0.435. The van der Waals surface area contributed by atoms with Gasteiger partial charge in [0.25, 0.3) is 5.91 Å². The minimum atomic E-state index is -0.0692. The first kappa shape index (κ1) is 21.1. The molecule has 158 valence electrons. The highest BCUT2D eigenvalue weighted by atomic mass is 35.5. The summed E-state index contributed by atoms with van der Waals surface area (Å²) in [5.41, 5.74) is 2.32. The van der Waals surface area contributed by atoms with Crippen LogP contribution in [0.25, 0.3) is 11.2 Å². The molecule has 2 heterocycles. The zero-order chi connectivity index (χ0) is 21.3. The number of benzene rings is 1. The van der Waals surface area contributed by atoms with E-state index in [9.17, 15) is 4.79 Å². The number of rotatable bonds is 6. The summed E-state index contributed by atoms with van der Waals surface area (Å²) in [7, 11) is 0. The second-order valence-electron chi connectivity index (χ2n) is 8.39. The molecule has 1 aliphatic rings. The molecule has 0 aliphatic heterocycles. The molecule has 0 saturated heterocycles. The van der Waals surface area contributed by atoms with Gasteiger partial charge in [-0.2, -0.15) is 0 Å². The van der Waals surface area contributed by atoms with Crippen molar-refractivity contribution in [2.24, 2.45) is 5.92 Å². The maximum Gasteiger partial charge on any atom is 0.254 e. The normalized spacial score (nSPS) is 14.7. The van der Waals surface area contributed by atoms with Crippen LogP contribution in [0.2, 0.25) is 10.0 Å². The van der Waals surface area contributed by atoms with Crippen molar-refractivity contribution in [3.05, 3.63) is 58.0 Å². The van der Waals surface area contributed by atoms with Crippen LogP contribution in [0, 0.1) is 5.92 Å². The lowest BCUT2D eigenvalue weighted by molar-refractivity contribution is 0.0715. The number of aromatic nitrogens is 3. The number of carbonyl (C=O) groups is 1. The van der Waals surface area contributed by atoms with Gasteiger partial charge in [-0.1, -0.05) is 49.9 Å². The molecule has 5 nitrogen and oxygen atoms in total. The van der Waals surface area contributed by atoms with E-state index in [4.69, 9.17) is 28.2 Å². The second-order valence-corrected chi connectivity index (χ2v) is 9.21. The highest BCUT2D eigenvalue weighted by molar-refractivity contribution is 6.42. The third-order valence-electron chi connectivity index (χ3n) is 5.58. The molecular weight excluding hydrogens is 419 g/mol. The number of amides is 1. The number of carbonyl (C=O) groups excluding carboxylic acids is 1. The Bertz CT molecular complexity index is 1060. The number of fused-ring (bicyclic) bond motifs is 1. The Hall–Kier alpha value is -2.11. The van der Waals surface area contributed by atoms with Crippen LogP contribution in [-0.4, -0.2) is 31.9 Å². The smallest absolute Gasteiger partial charge is 0.254 e. The molecule has 1 aromatic carbocycles. The van der Waals surface area contributed by atoms with E-state index in [2.05, 4.69) is 23.4 Å². The van der Waals surface area contributed by atoms with Gasteiger partial charge in [0.1, 0.15) is 11.3 Å². The standard InChI is InChI=1S/C23H26Cl2N4O/c1-15(2)13-28(23(30)16-9-10-18(24)19(25)12-16)14-21-27-20-8-5-11-26-22(20)29(21)17-6-3-4-7-17/h5,8-12,15,17H,3-4,6-7,13-14H2,1-2H3. The van der Waals surface area contributed by atoms with Crippen LogP contribution in [0.5, 0.6) is 0 Å². The number of imidazole rings is 1. The zero-order valence-electron chi connectivity index (χ0n) is 17.3. The number of halogens is 2. The Kier molecular flexibility index (Phi) is 6.30. The molecule has 4 rings (SSSR count). The fourth-order valence-electron chi connectivity index (χ4n) is 4.28. The fourth-order valence-corrected chi connectivity index (χ4v) is 4.57. The molecule has 2 aromatic heterocycles. The predicted molar refractivity (Wildman–Crippen MR) is 121 cm³/mol. The van der Waals surface area contributed by atoms with Crippen molar-refractivity contribution < 1.29 is 4.79 Å². The highest BCUT2D eigenvalue weighted by Gasteiger charge is 2.26.